The largest absolute Gasteiger partial charge is 0.367 e. The van der Waals surface area contributed by atoms with Gasteiger partial charge in [0.1, 0.15) is 6.17 Å². The summed E-state index contributed by atoms with van der Waals surface area (Å²) in [6, 6.07) is 39.6. The highest BCUT2D eigenvalue weighted by atomic mass is 15.2. The number of fused-ring (bicyclic) bond motifs is 7. The molecule has 2 N–H and O–H groups in total. The SMILES string of the molecule is C1=Cc2ccccc2C(n2c3ccccc3c3cc(-c4ccc5[nH]c6ccccc6c5c4)ccc32)N1. The third-order valence-electron chi connectivity index (χ3n) is 7.62. The van der Waals surface area contributed by atoms with E-state index in [1.807, 2.05) is 0 Å². The lowest BCUT2D eigenvalue weighted by Gasteiger charge is -2.27. The Morgan fingerprint density at radius 1 is 0.556 bits per heavy atom. The number of hydrogen-bond donors (Lipinski definition) is 2. The maximum atomic E-state index is 3.62. The molecular weight excluding hydrogens is 438 g/mol. The fourth-order valence-electron chi connectivity index (χ4n) is 5.93. The van der Waals surface area contributed by atoms with Crippen molar-refractivity contribution in [2.24, 2.45) is 0 Å². The summed E-state index contributed by atoms with van der Waals surface area (Å²) in [5, 5.41) is 8.70. The lowest BCUT2D eigenvalue weighted by atomic mass is 10.0. The molecule has 3 heteroatoms. The van der Waals surface area contributed by atoms with E-state index >= 15 is 0 Å². The standard InChI is InChI=1S/C33H23N3/c1-2-8-24-21(7-1)17-18-34-33(24)36-31-12-6-4-10-26(31)28-20-23(14-16-32(28)36)22-13-15-30-27(19-22)25-9-3-5-11-29(25)35-30/h1-20,33-35H. The summed E-state index contributed by atoms with van der Waals surface area (Å²) in [5.74, 6) is 0. The van der Waals surface area contributed by atoms with E-state index < -0.39 is 0 Å². The van der Waals surface area contributed by atoms with Crippen molar-refractivity contribution < 1.29 is 0 Å². The first-order valence-corrected chi connectivity index (χ1v) is 12.4. The Bertz CT molecular complexity index is 1990. The number of aromatic nitrogens is 2. The molecule has 1 unspecified atom stereocenters. The van der Waals surface area contributed by atoms with Crippen LogP contribution in [0.25, 0.3) is 60.8 Å². The Kier molecular flexibility index (Phi) is 4.00. The zero-order chi connectivity index (χ0) is 23.6. The third-order valence-corrected chi connectivity index (χ3v) is 7.62. The van der Waals surface area contributed by atoms with Crippen molar-refractivity contribution in [3.05, 3.63) is 127 Å². The number of aromatic amines is 1. The number of benzene rings is 5. The quantitative estimate of drug-likeness (QED) is 0.267. The molecule has 7 aromatic rings. The Balaban J connectivity index is 1.35. The zero-order valence-corrected chi connectivity index (χ0v) is 19.6. The lowest BCUT2D eigenvalue weighted by Crippen LogP contribution is -2.26. The van der Waals surface area contributed by atoms with Gasteiger partial charge in [-0.2, -0.15) is 0 Å². The van der Waals surface area contributed by atoms with Crippen molar-refractivity contribution in [2.75, 3.05) is 0 Å². The molecule has 0 saturated heterocycles. The van der Waals surface area contributed by atoms with Gasteiger partial charge in [-0.25, -0.2) is 0 Å². The molecule has 0 bridgehead atoms. The Morgan fingerprint density at radius 3 is 2.19 bits per heavy atom. The molecule has 0 spiro atoms. The molecule has 0 radical (unpaired) electrons. The van der Waals surface area contributed by atoms with E-state index in [1.165, 1.54) is 65.9 Å². The van der Waals surface area contributed by atoms with Gasteiger partial charge in [-0.15, -0.1) is 0 Å². The fraction of sp³-hybridized carbons (Fsp3) is 0.0303. The minimum Gasteiger partial charge on any atom is -0.367 e. The van der Waals surface area contributed by atoms with Crippen LogP contribution >= 0.6 is 0 Å². The van der Waals surface area contributed by atoms with Crippen molar-refractivity contribution in [3.63, 3.8) is 0 Å². The van der Waals surface area contributed by atoms with Gasteiger partial charge < -0.3 is 14.9 Å². The highest BCUT2D eigenvalue weighted by molar-refractivity contribution is 6.11. The molecule has 3 heterocycles. The number of nitrogens with one attached hydrogen (secondary N) is 2. The van der Waals surface area contributed by atoms with E-state index in [2.05, 4.69) is 136 Å². The van der Waals surface area contributed by atoms with Gasteiger partial charge in [-0.1, -0.05) is 72.8 Å². The summed E-state index contributed by atoms with van der Waals surface area (Å²) in [5.41, 5.74) is 9.83. The number of para-hydroxylation sites is 2. The summed E-state index contributed by atoms with van der Waals surface area (Å²) in [6.07, 6.45) is 4.26. The Labute approximate surface area is 208 Å². The van der Waals surface area contributed by atoms with E-state index in [9.17, 15) is 0 Å². The number of H-pyrrole nitrogens is 1. The molecular formula is C33H23N3. The van der Waals surface area contributed by atoms with Crippen LogP contribution in [0.1, 0.15) is 17.3 Å². The van der Waals surface area contributed by atoms with Crippen LogP contribution in [0.15, 0.2) is 115 Å². The fourth-order valence-corrected chi connectivity index (χ4v) is 5.93. The molecule has 0 amide bonds. The summed E-state index contributed by atoms with van der Waals surface area (Å²) in [6.45, 7) is 0. The van der Waals surface area contributed by atoms with Gasteiger partial charge in [0, 0.05) is 38.1 Å². The first-order chi connectivity index (χ1) is 17.8. The molecule has 1 aliphatic heterocycles. The van der Waals surface area contributed by atoms with Gasteiger partial charge >= 0.3 is 0 Å². The van der Waals surface area contributed by atoms with Crippen LogP contribution < -0.4 is 5.32 Å². The molecule has 1 atom stereocenters. The van der Waals surface area contributed by atoms with Gasteiger partial charge in [-0.05, 0) is 65.4 Å². The van der Waals surface area contributed by atoms with E-state index in [0.717, 1.165) is 0 Å². The van der Waals surface area contributed by atoms with Gasteiger partial charge in [0.15, 0.2) is 0 Å². The normalized spacial score (nSPS) is 15.1. The third kappa shape index (κ3) is 2.74. The Morgan fingerprint density at radius 2 is 1.25 bits per heavy atom. The van der Waals surface area contributed by atoms with Crippen LogP contribution in [-0.2, 0) is 0 Å². The molecule has 0 fully saturated rings. The predicted octanol–water partition coefficient (Wildman–Crippen LogP) is 8.22. The second kappa shape index (κ2) is 7.37. The van der Waals surface area contributed by atoms with Crippen molar-refractivity contribution in [1.82, 2.24) is 14.9 Å². The second-order valence-electron chi connectivity index (χ2n) is 9.58. The van der Waals surface area contributed by atoms with Crippen LogP contribution in [0.5, 0.6) is 0 Å². The first-order valence-electron chi connectivity index (χ1n) is 12.4. The van der Waals surface area contributed by atoms with Crippen molar-refractivity contribution >= 4 is 49.7 Å². The molecule has 0 aliphatic carbocycles. The van der Waals surface area contributed by atoms with E-state index in [1.54, 1.807) is 0 Å². The summed E-state index contributed by atoms with van der Waals surface area (Å²) in [4.78, 5) is 3.54. The molecule has 2 aromatic heterocycles. The number of nitrogens with zero attached hydrogens (tertiary/aromatic N) is 1. The average molecular weight is 462 g/mol. The van der Waals surface area contributed by atoms with Crippen LogP contribution in [0.2, 0.25) is 0 Å². The first kappa shape index (κ1) is 19.5. The Hall–Kier alpha value is -4.76. The highest BCUT2D eigenvalue weighted by Gasteiger charge is 2.22. The molecule has 170 valence electrons. The van der Waals surface area contributed by atoms with Crippen LogP contribution in [0, 0.1) is 0 Å². The summed E-state index contributed by atoms with van der Waals surface area (Å²) < 4.78 is 2.44. The number of hydrogen-bond acceptors (Lipinski definition) is 1. The van der Waals surface area contributed by atoms with Crippen LogP contribution in [-0.4, -0.2) is 9.55 Å². The zero-order valence-electron chi connectivity index (χ0n) is 19.6. The molecule has 8 rings (SSSR count). The van der Waals surface area contributed by atoms with Crippen molar-refractivity contribution in [1.29, 1.82) is 0 Å². The number of rotatable bonds is 2. The molecule has 36 heavy (non-hydrogen) atoms. The van der Waals surface area contributed by atoms with Crippen molar-refractivity contribution in [3.8, 4) is 11.1 Å². The van der Waals surface area contributed by atoms with Crippen LogP contribution in [0.3, 0.4) is 0 Å². The van der Waals surface area contributed by atoms with Gasteiger partial charge in [0.25, 0.3) is 0 Å². The van der Waals surface area contributed by atoms with Gasteiger partial charge in [0.2, 0.25) is 0 Å². The summed E-state index contributed by atoms with van der Waals surface area (Å²) in [7, 11) is 0. The topological polar surface area (TPSA) is 32.8 Å². The van der Waals surface area contributed by atoms with E-state index in [4.69, 9.17) is 0 Å². The van der Waals surface area contributed by atoms with Crippen molar-refractivity contribution in [2.45, 2.75) is 6.17 Å². The maximum Gasteiger partial charge on any atom is 0.130 e. The van der Waals surface area contributed by atoms with Gasteiger partial charge in [0.05, 0.1) is 11.0 Å². The molecule has 3 nitrogen and oxygen atoms in total. The summed E-state index contributed by atoms with van der Waals surface area (Å²) >= 11 is 0. The lowest BCUT2D eigenvalue weighted by molar-refractivity contribution is 0.558. The van der Waals surface area contributed by atoms with E-state index in [0.29, 0.717) is 0 Å². The highest BCUT2D eigenvalue weighted by Crippen LogP contribution is 2.38. The monoisotopic (exact) mass is 461 g/mol. The van der Waals surface area contributed by atoms with Gasteiger partial charge in [-0.3, -0.25) is 0 Å². The molecule has 5 aromatic carbocycles. The predicted molar refractivity (Wildman–Crippen MR) is 151 cm³/mol. The molecule has 1 aliphatic rings. The minimum absolute atomic E-state index is 0.0435. The molecule has 0 saturated carbocycles. The van der Waals surface area contributed by atoms with E-state index in [-0.39, 0.29) is 6.17 Å². The second-order valence-corrected chi connectivity index (χ2v) is 9.58. The smallest absolute Gasteiger partial charge is 0.130 e. The average Bonchev–Trinajstić information content (AvgIpc) is 3.47. The van der Waals surface area contributed by atoms with Crippen LogP contribution in [0.4, 0.5) is 0 Å². The minimum atomic E-state index is 0.0435. The maximum absolute atomic E-state index is 3.62.